The lowest BCUT2D eigenvalue weighted by Crippen LogP contribution is -1.89. The molecule has 0 N–H and O–H groups in total. The second kappa shape index (κ2) is 2.75. The van der Waals surface area contributed by atoms with E-state index in [0.29, 0.717) is 0 Å². The molecule has 0 amide bonds. The van der Waals surface area contributed by atoms with E-state index in [1.165, 1.54) is 0 Å². The minimum atomic E-state index is 0.839. The SMILES string of the molecule is Brc1ccn(-c2cncs2)n1. The predicted octanol–water partition coefficient (Wildman–Crippen LogP) is 2.09. The molecule has 5 heteroatoms. The van der Waals surface area contributed by atoms with E-state index < -0.39 is 0 Å². The molecule has 0 bridgehead atoms. The third kappa shape index (κ3) is 1.34. The lowest BCUT2D eigenvalue weighted by Gasteiger charge is -1.90. The third-order valence-electron chi connectivity index (χ3n) is 1.20. The molecule has 0 unspecified atom stereocenters. The van der Waals surface area contributed by atoms with Crippen LogP contribution in [0.4, 0.5) is 0 Å². The maximum absolute atomic E-state index is 4.16. The first kappa shape index (κ1) is 7.00. The van der Waals surface area contributed by atoms with Crippen LogP contribution in [-0.4, -0.2) is 14.8 Å². The van der Waals surface area contributed by atoms with Crippen LogP contribution in [-0.2, 0) is 0 Å². The number of halogens is 1. The zero-order chi connectivity index (χ0) is 7.68. The average molecular weight is 230 g/mol. The maximum atomic E-state index is 4.16. The Morgan fingerprint density at radius 3 is 3.00 bits per heavy atom. The zero-order valence-electron chi connectivity index (χ0n) is 5.44. The molecule has 0 fully saturated rings. The fraction of sp³-hybridized carbons (Fsp3) is 0. The van der Waals surface area contributed by atoms with Gasteiger partial charge in [0.2, 0.25) is 0 Å². The van der Waals surface area contributed by atoms with Gasteiger partial charge in [0, 0.05) is 6.20 Å². The van der Waals surface area contributed by atoms with E-state index in [-0.39, 0.29) is 0 Å². The lowest BCUT2D eigenvalue weighted by molar-refractivity contribution is 0.884. The molecule has 0 aliphatic heterocycles. The van der Waals surface area contributed by atoms with Crippen molar-refractivity contribution in [3.05, 3.63) is 28.6 Å². The van der Waals surface area contributed by atoms with Crippen LogP contribution in [0.15, 0.2) is 28.6 Å². The van der Waals surface area contributed by atoms with Crippen LogP contribution in [0, 0.1) is 0 Å². The van der Waals surface area contributed by atoms with Gasteiger partial charge in [0.15, 0.2) is 0 Å². The van der Waals surface area contributed by atoms with Crippen LogP contribution in [0.25, 0.3) is 5.00 Å². The number of nitrogens with zero attached hydrogens (tertiary/aromatic N) is 3. The van der Waals surface area contributed by atoms with Gasteiger partial charge in [-0.2, -0.15) is 5.10 Å². The summed E-state index contributed by atoms with van der Waals surface area (Å²) in [4.78, 5) is 3.95. The smallest absolute Gasteiger partial charge is 0.137 e. The Bertz CT molecular complexity index is 340. The normalized spacial score (nSPS) is 10.3. The minimum Gasteiger partial charge on any atom is -0.251 e. The first-order valence-electron chi connectivity index (χ1n) is 2.96. The first-order chi connectivity index (χ1) is 5.36. The summed E-state index contributed by atoms with van der Waals surface area (Å²) < 4.78 is 2.62. The van der Waals surface area contributed by atoms with Crippen molar-refractivity contribution in [3.8, 4) is 5.00 Å². The first-order valence-corrected chi connectivity index (χ1v) is 4.63. The van der Waals surface area contributed by atoms with E-state index in [0.717, 1.165) is 9.60 Å². The predicted molar refractivity (Wildman–Crippen MR) is 46.9 cm³/mol. The molecule has 3 nitrogen and oxygen atoms in total. The summed E-state index contributed by atoms with van der Waals surface area (Å²) in [6, 6.07) is 1.89. The molecule has 2 aromatic rings. The van der Waals surface area contributed by atoms with E-state index in [1.54, 1.807) is 27.7 Å². The summed E-state index contributed by atoms with van der Waals surface area (Å²) in [5.74, 6) is 0. The molecule has 0 aliphatic carbocycles. The number of hydrogen-bond donors (Lipinski definition) is 0. The Morgan fingerprint density at radius 1 is 1.55 bits per heavy atom. The standard InChI is InChI=1S/C6H4BrN3S/c7-5-1-2-10(9-5)6-3-8-4-11-6/h1-4H. The molecule has 0 aromatic carbocycles. The number of aromatic nitrogens is 3. The van der Waals surface area contributed by atoms with E-state index >= 15 is 0 Å². The number of hydrogen-bond acceptors (Lipinski definition) is 3. The summed E-state index contributed by atoms with van der Waals surface area (Å²) in [5, 5.41) is 5.18. The van der Waals surface area contributed by atoms with Crippen LogP contribution in [0.1, 0.15) is 0 Å². The topological polar surface area (TPSA) is 30.7 Å². The minimum absolute atomic E-state index is 0.839. The van der Waals surface area contributed by atoms with Gasteiger partial charge in [-0.1, -0.05) is 0 Å². The van der Waals surface area contributed by atoms with E-state index in [2.05, 4.69) is 26.0 Å². The van der Waals surface area contributed by atoms with Gasteiger partial charge < -0.3 is 0 Å². The molecule has 0 radical (unpaired) electrons. The van der Waals surface area contributed by atoms with Crippen molar-refractivity contribution in [3.63, 3.8) is 0 Å². The molecular formula is C6H4BrN3S. The number of rotatable bonds is 1. The highest BCUT2D eigenvalue weighted by molar-refractivity contribution is 9.10. The second-order valence-corrected chi connectivity index (χ2v) is 3.60. The molecule has 56 valence electrons. The van der Waals surface area contributed by atoms with Gasteiger partial charge in [0.1, 0.15) is 9.60 Å². The van der Waals surface area contributed by atoms with Crippen molar-refractivity contribution in [1.82, 2.24) is 14.8 Å². The summed E-state index contributed by atoms with van der Waals surface area (Å²) in [7, 11) is 0. The number of thiazole rings is 1. The van der Waals surface area contributed by atoms with Crippen LogP contribution in [0.2, 0.25) is 0 Å². The van der Waals surface area contributed by atoms with Gasteiger partial charge in [0.05, 0.1) is 11.7 Å². The molecule has 0 saturated carbocycles. The summed E-state index contributed by atoms with van der Waals surface area (Å²) >= 11 is 4.83. The van der Waals surface area contributed by atoms with Gasteiger partial charge in [-0.3, -0.25) is 4.98 Å². The second-order valence-electron chi connectivity index (χ2n) is 1.92. The van der Waals surface area contributed by atoms with Crippen molar-refractivity contribution < 1.29 is 0 Å². The molecule has 11 heavy (non-hydrogen) atoms. The third-order valence-corrected chi connectivity index (χ3v) is 2.39. The van der Waals surface area contributed by atoms with Crippen molar-refractivity contribution >= 4 is 27.3 Å². The van der Waals surface area contributed by atoms with Crippen LogP contribution in [0.5, 0.6) is 0 Å². The highest BCUT2D eigenvalue weighted by Crippen LogP contribution is 2.13. The van der Waals surface area contributed by atoms with Gasteiger partial charge in [0.25, 0.3) is 0 Å². The monoisotopic (exact) mass is 229 g/mol. The van der Waals surface area contributed by atoms with Gasteiger partial charge in [-0.05, 0) is 22.0 Å². The molecule has 0 atom stereocenters. The highest BCUT2D eigenvalue weighted by Gasteiger charge is 1.98. The summed E-state index contributed by atoms with van der Waals surface area (Å²) in [6.07, 6.45) is 3.67. The van der Waals surface area contributed by atoms with E-state index in [4.69, 9.17) is 0 Å². The molecule has 0 spiro atoms. The van der Waals surface area contributed by atoms with Crippen molar-refractivity contribution in [2.24, 2.45) is 0 Å². The van der Waals surface area contributed by atoms with Gasteiger partial charge in [-0.25, -0.2) is 4.68 Å². The highest BCUT2D eigenvalue weighted by atomic mass is 79.9. The summed E-state index contributed by atoms with van der Waals surface area (Å²) in [6.45, 7) is 0. The van der Waals surface area contributed by atoms with Crippen molar-refractivity contribution in [2.75, 3.05) is 0 Å². The van der Waals surface area contributed by atoms with Crippen LogP contribution >= 0.6 is 27.3 Å². The molecule has 0 aliphatic rings. The molecular weight excluding hydrogens is 226 g/mol. The fourth-order valence-electron chi connectivity index (χ4n) is 0.747. The van der Waals surface area contributed by atoms with Crippen molar-refractivity contribution in [2.45, 2.75) is 0 Å². The molecule has 2 rings (SSSR count). The molecule has 0 saturated heterocycles. The Morgan fingerprint density at radius 2 is 2.45 bits per heavy atom. The fourth-order valence-corrected chi connectivity index (χ4v) is 1.60. The largest absolute Gasteiger partial charge is 0.251 e. The Hall–Kier alpha value is -0.680. The maximum Gasteiger partial charge on any atom is 0.137 e. The van der Waals surface area contributed by atoms with Crippen LogP contribution < -0.4 is 0 Å². The lowest BCUT2D eigenvalue weighted by atomic mass is 10.7. The Labute approximate surface area is 75.8 Å². The van der Waals surface area contributed by atoms with E-state index in [9.17, 15) is 0 Å². The summed E-state index contributed by atoms with van der Waals surface area (Å²) in [5.41, 5.74) is 1.78. The van der Waals surface area contributed by atoms with Gasteiger partial charge >= 0.3 is 0 Å². The van der Waals surface area contributed by atoms with E-state index in [1.807, 2.05) is 12.3 Å². The zero-order valence-corrected chi connectivity index (χ0v) is 7.84. The van der Waals surface area contributed by atoms with Crippen LogP contribution in [0.3, 0.4) is 0 Å². The van der Waals surface area contributed by atoms with Gasteiger partial charge in [-0.15, -0.1) is 11.3 Å². The quantitative estimate of drug-likeness (QED) is 0.750. The Kier molecular flexibility index (Phi) is 1.75. The average Bonchev–Trinajstić information content (AvgIpc) is 2.55. The van der Waals surface area contributed by atoms with Crippen molar-refractivity contribution in [1.29, 1.82) is 0 Å². The Balaban J connectivity index is 2.45. The molecule has 2 heterocycles. The molecule has 2 aromatic heterocycles.